The first-order valence-corrected chi connectivity index (χ1v) is 9.93. The largest absolute Gasteiger partial charge is 0.478 e. The van der Waals surface area contributed by atoms with E-state index >= 15 is 0 Å². The third kappa shape index (κ3) is 4.38. The average Bonchev–Trinajstić information content (AvgIpc) is 2.78. The number of aromatic carboxylic acids is 1. The molecule has 0 aliphatic carbocycles. The second-order valence-corrected chi connectivity index (χ2v) is 7.32. The normalized spacial score (nSPS) is 16.2. The number of amides is 1. The SMILES string of the molecule is O=C(O)c1cccc2c(Nc3cccc(CNC(=O)C4CCCNC4)c3)ncnc12. The molecule has 0 radical (unpaired) electrons. The Bertz CT molecular complexity index is 1080. The number of carbonyl (C=O) groups is 2. The molecule has 3 aromatic rings. The van der Waals surface area contributed by atoms with Gasteiger partial charge in [-0.2, -0.15) is 0 Å². The van der Waals surface area contributed by atoms with Crippen molar-refractivity contribution >= 4 is 34.3 Å². The van der Waals surface area contributed by atoms with E-state index in [0.717, 1.165) is 37.2 Å². The van der Waals surface area contributed by atoms with Crippen molar-refractivity contribution in [3.63, 3.8) is 0 Å². The van der Waals surface area contributed by atoms with Crippen molar-refractivity contribution in [1.82, 2.24) is 20.6 Å². The predicted octanol–water partition coefficient (Wildman–Crippen LogP) is 2.69. The van der Waals surface area contributed by atoms with E-state index in [2.05, 4.69) is 25.9 Å². The Hall–Kier alpha value is -3.52. The van der Waals surface area contributed by atoms with Gasteiger partial charge in [0.25, 0.3) is 0 Å². The second kappa shape index (κ2) is 8.87. The van der Waals surface area contributed by atoms with Crippen LogP contribution >= 0.6 is 0 Å². The minimum absolute atomic E-state index is 0.0240. The summed E-state index contributed by atoms with van der Waals surface area (Å²) < 4.78 is 0. The van der Waals surface area contributed by atoms with E-state index in [1.807, 2.05) is 24.3 Å². The van der Waals surface area contributed by atoms with E-state index in [0.29, 0.717) is 23.3 Å². The first-order chi connectivity index (χ1) is 14.6. The highest BCUT2D eigenvalue weighted by Crippen LogP contribution is 2.25. The molecule has 1 aliphatic rings. The van der Waals surface area contributed by atoms with Crippen LogP contribution in [0.15, 0.2) is 48.8 Å². The molecule has 1 amide bonds. The van der Waals surface area contributed by atoms with Gasteiger partial charge in [0.2, 0.25) is 5.91 Å². The summed E-state index contributed by atoms with van der Waals surface area (Å²) in [6.07, 6.45) is 3.28. The molecule has 154 valence electrons. The number of hydrogen-bond donors (Lipinski definition) is 4. The van der Waals surface area contributed by atoms with Crippen LogP contribution in [0.5, 0.6) is 0 Å². The highest BCUT2D eigenvalue weighted by molar-refractivity contribution is 6.04. The van der Waals surface area contributed by atoms with Crippen molar-refractivity contribution < 1.29 is 14.7 Å². The zero-order valence-electron chi connectivity index (χ0n) is 16.4. The minimum atomic E-state index is -1.03. The summed E-state index contributed by atoms with van der Waals surface area (Å²) in [6, 6.07) is 12.7. The lowest BCUT2D eigenvalue weighted by molar-refractivity contribution is -0.125. The van der Waals surface area contributed by atoms with Crippen LogP contribution < -0.4 is 16.0 Å². The maximum absolute atomic E-state index is 12.3. The number of nitrogens with one attached hydrogen (secondary N) is 3. The second-order valence-electron chi connectivity index (χ2n) is 7.32. The van der Waals surface area contributed by atoms with Crippen molar-refractivity contribution in [2.24, 2.45) is 5.92 Å². The maximum Gasteiger partial charge on any atom is 0.337 e. The van der Waals surface area contributed by atoms with Crippen LogP contribution in [0.25, 0.3) is 10.9 Å². The van der Waals surface area contributed by atoms with Gasteiger partial charge in [0.1, 0.15) is 12.1 Å². The van der Waals surface area contributed by atoms with Gasteiger partial charge in [-0.25, -0.2) is 14.8 Å². The van der Waals surface area contributed by atoms with Crippen molar-refractivity contribution in [3.8, 4) is 0 Å². The molecule has 1 aromatic heterocycles. The summed E-state index contributed by atoms with van der Waals surface area (Å²) in [6.45, 7) is 2.15. The number of fused-ring (bicyclic) bond motifs is 1. The Kier molecular flexibility index (Phi) is 5.85. The molecule has 0 bridgehead atoms. The Labute approximate surface area is 173 Å². The van der Waals surface area contributed by atoms with Gasteiger partial charge in [-0.1, -0.05) is 18.2 Å². The molecule has 4 rings (SSSR count). The van der Waals surface area contributed by atoms with Gasteiger partial charge in [0.05, 0.1) is 17.0 Å². The lowest BCUT2D eigenvalue weighted by Crippen LogP contribution is -2.40. The molecular weight excluding hydrogens is 382 g/mol. The van der Waals surface area contributed by atoms with E-state index in [9.17, 15) is 14.7 Å². The number of hydrogen-bond acceptors (Lipinski definition) is 6. The number of carboxylic acids is 1. The number of carbonyl (C=O) groups excluding carboxylic acids is 1. The minimum Gasteiger partial charge on any atom is -0.478 e. The number of anilines is 2. The smallest absolute Gasteiger partial charge is 0.337 e. The number of piperidine rings is 1. The molecule has 8 heteroatoms. The van der Waals surface area contributed by atoms with Gasteiger partial charge in [0.15, 0.2) is 0 Å². The van der Waals surface area contributed by atoms with Crippen LogP contribution in [0, 0.1) is 5.92 Å². The molecular formula is C22H23N5O3. The number of aromatic nitrogens is 2. The molecule has 30 heavy (non-hydrogen) atoms. The van der Waals surface area contributed by atoms with E-state index in [4.69, 9.17) is 0 Å². The number of carboxylic acid groups (broad SMARTS) is 1. The predicted molar refractivity (Wildman–Crippen MR) is 114 cm³/mol. The Morgan fingerprint density at radius 2 is 2.03 bits per heavy atom. The molecule has 1 saturated heterocycles. The Morgan fingerprint density at radius 3 is 2.83 bits per heavy atom. The highest BCUT2D eigenvalue weighted by Gasteiger charge is 2.20. The fourth-order valence-corrected chi connectivity index (χ4v) is 3.66. The molecule has 4 N–H and O–H groups in total. The molecule has 0 spiro atoms. The van der Waals surface area contributed by atoms with Crippen molar-refractivity contribution in [3.05, 3.63) is 59.9 Å². The van der Waals surface area contributed by atoms with Crippen LogP contribution in [0.1, 0.15) is 28.8 Å². The summed E-state index contributed by atoms with van der Waals surface area (Å²) in [5, 5.41) is 19.5. The summed E-state index contributed by atoms with van der Waals surface area (Å²) in [5.41, 5.74) is 2.27. The van der Waals surface area contributed by atoms with Gasteiger partial charge < -0.3 is 21.1 Å². The van der Waals surface area contributed by atoms with Crippen molar-refractivity contribution in [2.45, 2.75) is 19.4 Å². The van der Waals surface area contributed by atoms with E-state index < -0.39 is 5.97 Å². The van der Waals surface area contributed by atoms with E-state index in [-0.39, 0.29) is 17.4 Å². The molecule has 1 atom stereocenters. The van der Waals surface area contributed by atoms with E-state index in [1.54, 1.807) is 12.1 Å². The molecule has 2 aromatic carbocycles. The summed E-state index contributed by atoms with van der Waals surface area (Å²) in [7, 11) is 0. The van der Waals surface area contributed by atoms with Crippen LogP contribution in [0.2, 0.25) is 0 Å². The van der Waals surface area contributed by atoms with Crippen LogP contribution in [-0.4, -0.2) is 40.0 Å². The molecule has 1 fully saturated rings. The first-order valence-electron chi connectivity index (χ1n) is 9.93. The van der Waals surface area contributed by atoms with Gasteiger partial charge in [-0.3, -0.25) is 4.79 Å². The van der Waals surface area contributed by atoms with Crippen LogP contribution in [0.3, 0.4) is 0 Å². The number of rotatable bonds is 6. The molecule has 2 heterocycles. The Morgan fingerprint density at radius 1 is 1.17 bits per heavy atom. The summed E-state index contributed by atoms with van der Waals surface area (Å²) in [4.78, 5) is 32.2. The lowest BCUT2D eigenvalue weighted by atomic mass is 9.99. The van der Waals surface area contributed by atoms with Gasteiger partial charge in [-0.15, -0.1) is 0 Å². The van der Waals surface area contributed by atoms with Crippen LogP contribution in [0.4, 0.5) is 11.5 Å². The highest BCUT2D eigenvalue weighted by atomic mass is 16.4. The molecule has 0 saturated carbocycles. The maximum atomic E-state index is 12.3. The third-order valence-electron chi connectivity index (χ3n) is 5.22. The molecule has 8 nitrogen and oxygen atoms in total. The van der Waals surface area contributed by atoms with Crippen molar-refractivity contribution in [1.29, 1.82) is 0 Å². The van der Waals surface area contributed by atoms with Crippen molar-refractivity contribution in [2.75, 3.05) is 18.4 Å². The van der Waals surface area contributed by atoms with Gasteiger partial charge in [-0.05, 0) is 49.2 Å². The van der Waals surface area contributed by atoms with E-state index in [1.165, 1.54) is 12.4 Å². The van der Waals surface area contributed by atoms with Crippen LogP contribution in [-0.2, 0) is 11.3 Å². The first kappa shape index (κ1) is 19.8. The fourth-order valence-electron chi connectivity index (χ4n) is 3.66. The average molecular weight is 405 g/mol. The molecule has 1 aliphatic heterocycles. The number of para-hydroxylation sites is 1. The standard InChI is InChI=1S/C22H23N5O3/c28-21(15-5-3-9-23-12-15)24-11-14-4-1-6-16(10-14)27-20-17-7-2-8-18(22(29)30)19(17)25-13-26-20/h1-2,4,6-8,10,13,15,23H,3,5,9,11-12H2,(H,24,28)(H,29,30)(H,25,26,27). The lowest BCUT2D eigenvalue weighted by Gasteiger charge is -2.22. The van der Waals surface area contributed by atoms with Gasteiger partial charge >= 0.3 is 5.97 Å². The number of nitrogens with zero attached hydrogens (tertiary/aromatic N) is 2. The molecule has 1 unspecified atom stereocenters. The summed E-state index contributed by atoms with van der Waals surface area (Å²) >= 11 is 0. The number of benzene rings is 2. The monoisotopic (exact) mass is 405 g/mol. The topological polar surface area (TPSA) is 116 Å². The zero-order chi connectivity index (χ0) is 20.9. The quantitative estimate of drug-likeness (QED) is 0.498. The third-order valence-corrected chi connectivity index (χ3v) is 5.22. The summed E-state index contributed by atoms with van der Waals surface area (Å²) in [5.74, 6) is -0.409. The zero-order valence-corrected chi connectivity index (χ0v) is 16.4. The Balaban J connectivity index is 1.49. The fraction of sp³-hybridized carbons (Fsp3) is 0.273. The van der Waals surface area contributed by atoms with Gasteiger partial charge in [0, 0.05) is 24.2 Å².